The van der Waals surface area contributed by atoms with E-state index in [1.54, 1.807) is 55.6 Å². The zero-order valence-electron chi connectivity index (χ0n) is 12.1. The van der Waals surface area contributed by atoms with Crippen LogP contribution >= 0.6 is 22.6 Å². The molecular formula is C15H15IN2O3S. The molecular weight excluding hydrogens is 415 g/mol. The van der Waals surface area contributed by atoms with Crippen LogP contribution in [0.5, 0.6) is 0 Å². The highest BCUT2D eigenvalue weighted by molar-refractivity contribution is 14.1. The Bertz CT molecular complexity index is 771. The molecule has 116 valence electrons. The number of hydrogen-bond acceptors (Lipinski definition) is 3. The summed E-state index contributed by atoms with van der Waals surface area (Å²) < 4.78 is 28.0. The first-order valence-corrected chi connectivity index (χ1v) is 8.98. The van der Waals surface area contributed by atoms with Gasteiger partial charge in [0.15, 0.2) is 0 Å². The lowest BCUT2D eigenvalue weighted by molar-refractivity contribution is -0.116. The molecule has 0 aliphatic heterocycles. The first-order chi connectivity index (χ1) is 10.3. The molecule has 1 N–H and O–H groups in total. The fraction of sp³-hybridized carbons (Fsp3) is 0.133. The van der Waals surface area contributed by atoms with E-state index in [0.717, 1.165) is 3.57 Å². The number of nitrogens with one attached hydrogen (secondary N) is 1. The molecule has 2 aromatic rings. The number of sulfonamides is 1. The summed E-state index contributed by atoms with van der Waals surface area (Å²) in [5, 5.41) is 0. The van der Waals surface area contributed by atoms with Crippen LogP contribution in [0.2, 0.25) is 0 Å². The number of rotatable bonds is 4. The Labute approximate surface area is 143 Å². The maximum atomic E-state index is 12.3. The molecule has 0 fully saturated rings. The predicted octanol–water partition coefficient (Wildman–Crippen LogP) is 3.07. The summed E-state index contributed by atoms with van der Waals surface area (Å²) in [4.78, 5) is 13.0. The molecule has 22 heavy (non-hydrogen) atoms. The molecule has 1 amide bonds. The van der Waals surface area contributed by atoms with E-state index in [1.165, 1.54) is 11.8 Å². The van der Waals surface area contributed by atoms with E-state index < -0.39 is 10.0 Å². The van der Waals surface area contributed by atoms with Crippen molar-refractivity contribution in [1.82, 2.24) is 0 Å². The molecule has 0 radical (unpaired) electrons. The summed E-state index contributed by atoms with van der Waals surface area (Å²) in [7, 11) is -1.95. The normalized spacial score (nSPS) is 11.0. The van der Waals surface area contributed by atoms with E-state index in [2.05, 4.69) is 27.3 Å². The highest BCUT2D eigenvalue weighted by atomic mass is 127. The van der Waals surface area contributed by atoms with Gasteiger partial charge in [-0.1, -0.05) is 0 Å². The third kappa shape index (κ3) is 3.98. The average Bonchev–Trinajstić information content (AvgIpc) is 2.47. The number of carbonyl (C=O) groups is 1. The lowest BCUT2D eigenvalue weighted by Gasteiger charge is -2.15. The van der Waals surface area contributed by atoms with Gasteiger partial charge in [0.2, 0.25) is 5.91 Å². The van der Waals surface area contributed by atoms with Crippen LogP contribution in [0.1, 0.15) is 6.92 Å². The number of halogens is 1. The molecule has 0 unspecified atom stereocenters. The second-order valence-electron chi connectivity index (χ2n) is 4.68. The second kappa shape index (κ2) is 6.66. The van der Waals surface area contributed by atoms with Crippen molar-refractivity contribution < 1.29 is 13.2 Å². The fourth-order valence-corrected chi connectivity index (χ4v) is 3.18. The zero-order chi connectivity index (χ0) is 16.3. The van der Waals surface area contributed by atoms with Gasteiger partial charge in [-0.05, 0) is 71.1 Å². The van der Waals surface area contributed by atoms with Crippen molar-refractivity contribution in [3.05, 3.63) is 52.1 Å². The molecule has 0 heterocycles. The first-order valence-electron chi connectivity index (χ1n) is 6.42. The van der Waals surface area contributed by atoms with Crippen LogP contribution in [0, 0.1) is 3.57 Å². The number of nitrogens with zero attached hydrogens (tertiary/aromatic N) is 1. The fourth-order valence-electron chi connectivity index (χ4n) is 1.76. The summed E-state index contributed by atoms with van der Waals surface area (Å²) in [5.41, 5.74) is 1.14. The summed E-state index contributed by atoms with van der Waals surface area (Å²) in [6.45, 7) is 1.47. The van der Waals surface area contributed by atoms with Crippen LogP contribution in [0.4, 0.5) is 11.4 Å². The smallest absolute Gasteiger partial charge is 0.261 e. The minimum atomic E-state index is -3.61. The van der Waals surface area contributed by atoms with Crippen molar-refractivity contribution in [2.24, 2.45) is 0 Å². The Balaban J connectivity index is 2.20. The van der Waals surface area contributed by atoms with Gasteiger partial charge >= 0.3 is 0 Å². The van der Waals surface area contributed by atoms with Crippen LogP contribution in [0.3, 0.4) is 0 Å². The number of anilines is 2. The molecule has 0 saturated carbocycles. The number of hydrogen-bond donors (Lipinski definition) is 1. The minimum absolute atomic E-state index is 0.0905. The molecule has 2 rings (SSSR count). The topological polar surface area (TPSA) is 66.5 Å². The van der Waals surface area contributed by atoms with E-state index >= 15 is 0 Å². The maximum absolute atomic E-state index is 12.3. The van der Waals surface area contributed by atoms with Gasteiger partial charge in [0.25, 0.3) is 10.0 Å². The Morgan fingerprint density at radius 2 is 1.59 bits per heavy atom. The van der Waals surface area contributed by atoms with Crippen molar-refractivity contribution >= 4 is 49.9 Å². The SMILES string of the molecule is CC(=O)N(C)c1ccc(NS(=O)(=O)c2ccc(I)cc2)cc1. The maximum Gasteiger partial charge on any atom is 0.261 e. The van der Waals surface area contributed by atoms with Gasteiger partial charge < -0.3 is 4.90 Å². The molecule has 0 spiro atoms. The second-order valence-corrected chi connectivity index (χ2v) is 7.61. The molecule has 5 nitrogen and oxygen atoms in total. The lowest BCUT2D eigenvalue weighted by atomic mass is 10.2. The van der Waals surface area contributed by atoms with Gasteiger partial charge in [0.05, 0.1) is 4.90 Å². The van der Waals surface area contributed by atoms with Gasteiger partial charge in [0, 0.05) is 28.9 Å². The van der Waals surface area contributed by atoms with Crippen LogP contribution in [-0.2, 0) is 14.8 Å². The van der Waals surface area contributed by atoms with E-state index in [9.17, 15) is 13.2 Å². The molecule has 0 aromatic heterocycles. The third-order valence-corrected chi connectivity index (χ3v) is 5.22. The van der Waals surface area contributed by atoms with Crippen LogP contribution < -0.4 is 9.62 Å². The first kappa shape index (κ1) is 16.8. The van der Waals surface area contributed by atoms with Crippen molar-refractivity contribution in [3.63, 3.8) is 0 Å². The quantitative estimate of drug-likeness (QED) is 0.759. The average molecular weight is 430 g/mol. The number of benzene rings is 2. The molecule has 2 aromatic carbocycles. The molecule has 0 saturated heterocycles. The summed E-state index contributed by atoms with van der Waals surface area (Å²) in [6.07, 6.45) is 0. The number of amides is 1. The Kier molecular flexibility index (Phi) is 5.07. The molecule has 0 aliphatic rings. The highest BCUT2D eigenvalue weighted by Crippen LogP contribution is 2.20. The Morgan fingerprint density at radius 1 is 1.05 bits per heavy atom. The Hall–Kier alpha value is -1.61. The van der Waals surface area contributed by atoms with E-state index in [1.807, 2.05) is 0 Å². The summed E-state index contributed by atoms with van der Waals surface area (Å²) >= 11 is 2.12. The largest absolute Gasteiger partial charge is 0.316 e. The highest BCUT2D eigenvalue weighted by Gasteiger charge is 2.14. The summed E-state index contributed by atoms with van der Waals surface area (Å²) in [5.74, 6) is -0.0905. The van der Waals surface area contributed by atoms with Gasteiger partial charge in [-0.15, -0.1) is 0 Å². The monoisotopic (exact) mass is 430 g/mol. The van der Waals surface area contributed by atoms with Gasteiger partial charge in [-0.2, -0.15) is 0 Å². The lowest BCUT2D eigenvalue weighted by Crippen LogP contribution is -2.22. The van der Waals surface area contributed by atoms with Gasteiger partial charge in [-0.3, -0.25) is 9.52 Å². The molecule has 0 aliphatic carbocycles. The number of carbonyl (C=O) groups excluding carboxylic acids is 1. The van der Waals surface area contributed by atoms with Crippen LogP contribution in [0.25, 0.3) is 0 Å². The third-order valence-electron chi connectivity index (χ3n) is 3.10. The van der Waals surface area contributed by atoms with E-state index in [-0.39, 0.29) is 10.8 Å². The van der Waals surface area contributed by atoms with Crippen molar-refractivity contribution in [1.29, 1.82) is 0 Å². The van der Waals surface area contributed by atoms with Crippen molar-refractivity contribution in [2.75, 3.05) is 16.7 Å². The molecule has 7 heteroatoms. The summed E-state index contributed by atoms with van der Waals surface area (Å²) in [6, 6.07) is 13.2. The van der Waals surface area contributed by atoms with Crippen molar-refractivity contribution in [3.8, 4) is 0 Å². The van der Waals surface area contributed by atoms with Crippen molar-refractivity contribution in [2.45, 2.75) is 11.8 Å². The standard InChI is InChI=1S/C15H15IN2O3S/c1-11(19)18(2)14-7-5-13(6-8-14)17-22(20,21)15-9-3-12(16)4-10-15/h3-10,17H,1-2H3. The van der Waals surface area contributed by atoms with Gasteiger partial charge in [0.1, 0.15) is 0 Å². The predicted molar refractivity (Wildman–Crippen MR) is 95.5 cm³/mol. The van der Waals surface area contributed by atoms with E-state index in [0.29, 0.717) is 11.4 Å². The molecule has 0 bridgehead atoms. The van der Waals surface area contributed by atoms with Crippen LogP contribution in [0.15, 0.2) is 53.4 Å². The zero-order valence-corrected chi connectivity index (χ0v) is 15.1. The minimum Gasteiger partial charge on any atom is -0.316 e. The Morgan fingerprint density at radius 3 is 2.09 bits per heavy atom. The van der Waals surface area contributed by atoms with Crippen LogP contribution in [-0.4, -0.2) is 21.4 Å². The van der Waals surface area contributed by atoms with Gasteiger partial charge in [-0.25, -0.2) is 8.42 Å². The molecule has 0 atom stereocenters. The van der Waals surface area contributed by atoms with E-state index in [4.69, 9.17) is 0 Å².